The van der Waals surface area contributed by atoms with Crippen molar-refractivity contribution in [3.8, 4) is 0 Å². The molecule has 2 rings (SSSR count). The molecular formula is C11H19N5O2S2. The molecule has 2 heterocycles. The number of aromatic nitrogens is 2. The predicted octanol–water partition coefficient (Wildman–Crippen LogP) is 1.35. The second-order valence-corrected chi connectivity index (χ2v) is 7.60. The molecule has 2 aromatic heterocycles. The van der Waals surface area contributed by atoms with Crippen LogP contribution in [0.25, 0.3) is 4.96 Å². The summed E-state index contributed by atoms with van der Waals surface area (Å²) in [4.78, 5) is 4.77. The number of nitrogens with one attached hydrogen (secondary N) is 1. The number of nitrogens with zero attached hydrogens (tertiary/aromatic N) is 3. The monoisotopic (exact) mass is 317 g/mol. The maximum absolute atomic E-state index is 12.7. The Morgan fingerprint density at radius 1 is 1.60 bits per heavy atom. The highest BCUT2D eigenvalue weighted by Crippen LogP contribution is 2.27. The van der Waals surface area contributed by atoms with E-state index in [1.807, 2.05) is 13.8 Å². The lowest BCUT2D eigenvalue weighted by Crippen LogP contribution is -2.32. The number of hydrogen-bond donors (Lipinski definition) is 2. The number of anilines is 1. The minimum absolute atomic E-state index is 0.0852. The van der Waals surface area contributed by atoms with Crippen LogP contribution in [0, 0.1) is 5.92 Å². The number of hydrogen-bond acceptors (Lipinski definition) is 6. The number of hydrazine groups is 1. The summed E-state index contributed by atoms with van der Waals surface area (Å²) in [6.07, 6.45) is 2.60. The third kappa shape index (κ3) is 2.53. The molecule has 3 N–H and O–H groups in total. The third-order valence-corrected chi connectivity index (χ3v) is 5.88. The SMILES string of the molecule is CCC(C)CN(C)S(=O)(=O)c1c(NN)nc2sccn12. The van der Waals surface area contributed by atoms with Gasteiger partial charge in [-0.05, 0) is 5.92 Å². The second-order valence-electron chi connectivity index (χ2n) is 4.76. The van der Waals surface area contributed by atoms with E-state index in [1.54, 1.807) is 23.0 Å². The largest absolute Gasteiger partial charge is 0.306 e. The van der Waals surface area contributed by atoms with Gasteiger partial charge in [0.05, 0.1) is 0 Å². The Bertz CT molecular complexity index is 691. The van der Waals surface area contributed by atoms with Crippen molar-refractivity contribution in [2.24, 2.45) is 11.8 Å². The van der Waals surface area contributed by atoms with E-state index in [2.05, 4.69) is 10.4 Å². The Hall–Kier alpha value is -1.16. The van der Waals surface area contributed by atoms with Crippen LogP contribution in [0.3, 0.4) is 0 Å². The summed E-state index contributed by atoms with van der Waals surface area (Å²) >= 11 is 1.36. The molecule has 0 fully saturated rings. The maximum atomic E-state index is 12.7. The second kappa shape index (κ2) is 5.68. The fourth-order valence-corrected chi connectivity index (χ4v) is 4.18. The topological polar surface area (TPSA) is 92.7 Å². The fraction of sp³-hybridized carbons (Fsp3) is 0.545. The molecule has 9 heteroatoms. The Morgan fingerprint density at radius 3 is 2.90 bits per heavy atom. The minimum Gasteiger partial charge on any atom is -0.306 e. The first kappa shape index (κ1) is 15.2. The van der Waals surface area contributed by atoms with Gasteiger partial charge in [0.25, 0.3) is 10.0 Å². The Kier molecular flexibility index (Phi) is 4.33. The zero-order chi connectivity index (χ0) is 14.9. The van der Waals surface area contributed by atoms with Crippen LogP contribution in [0.5, 0.6) is 0 Å². The Labute approximate surface area is 122 Å². The summed E-state index contributed by atoms with van der Waals surface area (Å²) in [5.74, 6) is 5.85. The minimum atomic E-state index is -3.64. The van der Waals surface area contributed by atoms with E-state index >= 15 is 0 Å². The van der Waals surface area contributed by atoms with E-state index in [0.29, 0.717) is 11.5 Å². The van der Waals surface area contributed by atoms with Crippen molar-refractivity contribution in [3.05, 3.63) is 11.6 Å². The van der Waals surface area contributed by atoms with Gasteiger partial charge in [-0.2, -0.15) is 9.29 Å². The highest BCUT2D eigenvalue weighted by Gasteiger charge is 2.30. The number of fused-ring (bicyclic) bond motifs is 1. The first-order valence-corrected chi connectivity index (χ1v) is 8.62. The maximum Gasteiger partial charge on any atom is 0.262 e. The van der Waals surface area contributed by atoms with Gasteiger partial charge >= 0.3 is 0 Å². The first-order valence-electron chi connectivity index (χ1n) is 6.30. The van der Waals surface area contributed by atoms with Gasteiger partial charge in [-0.3, -0.25) is 4.40 Å². The summed E-state index contributed by atoms with van der Waals surface area (Å²) in [6, 6.07) is 0. The summed E-state index contributed by atoms with van der Waals surface area (Å²) < 4.78 is 28.3. The van der Waals surface area contributed by atoms with E-state index in [-0.39, 0.29) is 16.8 Å². The molecule has 0 radical (unpaired) electrons. The molecule has 0 saturated heterocycles. The number of thiazole rings is 1. The lowest BCUT2D eigenvalue weighted by Gasteiger charge is -2.20. The average molecular weight is 317 g/mol. The van der Waals surface area contributed by atoms with Crippen LogP contribution in [0.15, 0.2) is 16.6 Å². The Morgan fingerprint density at radius 2 is 2.30 bits per heavy atom. The van der Waals surface area contributed by atoms with E-state index < -0.39 is 10.0 Å². The molecule has 7 nitrogen and oxygen atoms in total. The van der Waals surface area contributed by atoms with Crippen molar-refractivity contribution in [2.45, 2.75) is 25.3 Å². The summed E-state index contributed by atoms with van der Waals surface area (Å²) in [6.45, 7) is 4.51. The van der Waals surface area contributed by atoms with Crippen molar-refractivity contribution in [3.63, 3.8) is 0 Å². The molecule has 0 aliphatic heterocycles. The normalized spacial score (nSPS) is 14.1. The molecule has 1 atom stereocenters. The highest BCUT2D eigenvalue weighted by molar-refractivity contribution is 7.89. The third-order valence-electron chi connectivity index (χ3n) is 3.28. The molecule has 0 aromatic carbocycles. The fourth-order valence-electron chi connectivity index (χ4n) is 1.92. The molecule has 2 aromatic rings. The number of sulfonamides is 1. The summed E-state index contributed by atoms with van der Waals surface area (Å²) in [5.41, 5.74) is 2.37. The Balaban J connectivity index is 2.47. The highest BCUT2D eigenvalue weighted by atomic mass is 32.2. The van der Waals surface area contributed by atoms with Crippen LogP contribution in [0.4, 0.5) is 5.82 Å². The van der Waals surface area contributed by atoms with Crippen LogP contribution in [0.1, 0.15) is 20.3 Å². The van der Waals surface area contributed by atoms with Gasteiger partial charge in [-0.1, -0.05) is 20.3 Å². The van der Waals surface area contributed by atoms with Crippen molar-refractivity contribution >= 4 is 32.1 Å². The molecule has 0 amide bonds. The number of imidazole rings is 1. The quantitative estimate of drug-likeness (QED) is 0.619. The van der Waals surface area contributed by atoms with E-state index in [9.17, 15) is 8.42 Å². The first-order chi connectivity index (χ1) is 9.41. The molecule has 0 spiro atoms. The van der Waals surface area contributed by atoms with Crippen molar-refractivity contribution in [2.75, 3.05) is 19.0 Å². The number of nitrogen functional groups attached to an aromatic ring is 1. The molecule has 0 aliphatic rings. The van der Waals surface area contributed by atoms with E-state index in [1.165, 1.54) is 15.6 Å². The number of nitrogens with two attached hydrogens (primary N) is 1. The van der Waals surface area contributed by atoms with E-state index in [0.717, 1.165) is 6.42 Å². The zero-order valence-electron chi connectivity index (χ0n) is 11.7. The van der Waals surface area contributed by atoms with Gasteiger partial charge in [0, 0.05) is 25.2 Å². The van der Waals surface area contributed by atoms with Crippen LogP contribution in [-0.4, -0.2) is 35.7 Å². The smallest absolute Gasteiger partial charge is 0.262 e. The molecule has 1 unspecified atom stereocenters. The van der Waals surface area contributed by atoms with Gasteiger partial charge in [0.15, 0.2) is 10.8 Å². The molecule has 0 bridgehead atoms. The lowest BCUT2D eigenvalue weighted by atomic mass is 10.1. The number of rotatable bonds is 6. The van der Waals surface area contributed by atoms with Crippen molar-refractivity contribution < 1.29 is 8.42 Å². The molecular weight excluding hydrogens is 298 g/mol. The zero-order valence-corrected chi connectivity index (χ0v) is 13.3. The average Bonchev–Trinajstić information content (AvgIpc) is 2.97. The molecule has 112 valence electrons. The summed E-state index contributed by atoms with van der Waals surface area (Å²) in [7, 11) is -2.07. The van der Waals surface area contributed by atoms with Gasteiger partial charge < -0.3 is 5.43 Å². The van der Waals surface area contributed by atoms with Gasteiger partial charge in [0.1, 0.15) is 0 Å². The standard InChI is InChI=1S/C11H19N5O2S2/c1-4-8(2)7-15(3)20(17,18)10-9(14-12)13-11-16(10)5-6-19-11/h5-6,8,14H,4,7,12H2,1-3H3. The summed E-state index contributed by atoms with van der Waals surface area (Å²) in [5, 5.41) is 1.87. The van der Waals surface area contributed by atoms with Crippen LogP contribution in [0.2, 0.25) is 0 Å². The van der Waals surface area contributed by atoms with Crippen LogP contribution < -0.4 is 11.3 Å². The van der Waals surface area contributed by atoms with Crippen molar-refractivity contribution in [1.29, 1.82) is 0 Å². The van der Waals surface area contributed by atoms with Crippen LogP contribution >= 0.6 is 11.3 Å². The molecule has 0 saturated carbocycles. The van der Waals surface area contributed by atoms with E-state index in [4.69, 9.17) is 5.84 Å². The van der Waals surface area contributed by atoms with Gasteiger partial charge in [0.2, 0.25) is 5.03 Å². The van der Waals surface area contributed by atoms with Gasteiger partial charge in [-0.25, -0.2) is 14.3 Å². The molecule has 20 heavy (non-hydrogen) atoms. The van der Waals surface area contributed by atoms with Gasteiger partial charge in [-0.15, -0.1) is 11.3 Å². The predicted molar refractivity (Wildman–Crippen MR) is 80.1 cm³/mol. The van der Waals surface area contributed by atoms with Crippen LogP contribution in [-0.2, 0) is 10.0 Å². The van der Waals surface area contributed by atoms with Crippen molar-refractivity contribution in [1.82, 2.24) is 13.7 Å². The molecule has 0 aliphatic carbocycles. The lowest BCUT2D eigenvalue weighted by molar-refractivity contribution is 0.392.